The summed E-state index contributed by atoms with van der Waals surface area (Å²) in [6.07, 6.45) is 1.03. The Morgan fingerprint density at radius 2 is 1.76 bits per heavy atom. The van der Waals surface area contributed by atoms with E-state index in [0.717, 1.165) is 11.1 Å². The average molecular weight is 509 g/mol. The quantitative estimate of drug-likeness (QED) is 0.372. The molecule has 2 aromatic carbocycles. The molecule has 4 rings (SSSR count). The van der Waals surface area contributed by atoms with Crippen LogP contribution in [0.15, 0.2) is 65.3 Å². The lowest BCUT2D eigenvalue weighted by molar-refractivity contribution is 0.0805. The van der Waals surface area contributed by atoms with Gasteiger partial charge in [0.2, 0.25) is 0 Å². The van der Waals surface area contributed by atoms with Crippen LogP contribution in [0.2, 0.25) is 0 Å². The number of fused-ring (bicyclic) bond motifs is 1. The highest BCUT2D eigenvalue weighted by Crippen LogP contribution is 2.46. The minimum Gasteiger partial charge on any atom is -0.493 e. The maximum Gasteiger partial charge on any atom is 0.414 e. The molecule has 0 aliphatic carbocycles. The summed E-state index contributed by atoms with van der Waals surface area (Å²) >= 11 is 0. The number of furan rings is 1. The second-order valence-electron chi connectivity index (χ2n) is 8.68. The molecule has 2 unspecified atom stereocenters. The first kappa shape index (κ1) is 25.9. The third kappa shape index (κ3) is 5.66. The van der Waals surface area contributed by atoms with Gasteiger partial charge in [0.05, 0.1) is 38.8 Å². The van der Waals surface area contributed by atoms with E-state index in [2.05, 4.69) is 0 Å². The van der Waals surface area contributed by atoms with Gasteiger partial charge in [0.15, 0.2) is 18.1 Å². The predicted octanol–water partition coefficient (Wildman–Crippen LogP) is 5.93. The topological polar surface area (TPSA) is 90.7 Å². The SMILES string of the molecule is CCOC(=O)N(Cc1ccccc1)C1CC(C)N(C(=O)OCc2ccco2)c2cc(OC)c(OC)cc21. The first-order valence-electron chi connectivity index (χ1n) is 12.2. The first-order valence-corrected chi connectivity index (χ1v) is 12.2. The third-order valence-corrected chi connectivity index (χ3v) is 6.35. The van der Waals surface area contributed by atoms with Gasteiger partial charge in [-0.05, 0) is 44.0 Å². The molecular formula is C28H32N2O7. The minimum absolute atomic E-state index is 0.00403. The highest BCUT2D eigenvalue weighted by Gasteiger charge is 2.40. The van der Waals surface area contributed by atoms with E-state index in [9.17, 15) is 9.59 Å². The molecule has 9 heteroatoms. The molecule has 0 fully saturated rings. The van der Waals surface area contributed by atoms with Crippen LogP contribution in [-0.4, -0.2) is 44.0 Å². The molecule has 0 saturated heterocycles. The first-order chi connectivity index (χ1) is 18.0. The van der Waals surface area contributed by atoms with Crippen LogP contribution in [0.1, 0.15) is 43.2 Å². The number of rotatable bonds is 8. The number of carbonyl (C=O) groups is 2. The number of carbonyl (C=O) groups excluding carboxylic acids is 2. The van der Waals surface area contributed by atoms with E-state index < -0.39 is 18.2 Å². The number of nitrogens with zero attached hydrogens (tertiary/aromatic N) is 2. The standard InChI is InChI=1S/C28H32N2O7/c1-5-35-27(31)29(17-20-10-7-6-8-11-20)23-14-19(2)30(28(32)37-18-21-12-9-13-36-21)24-16-26(34-4)25(33-3)15-22(23)24/h6-13,15-16,19,23H,5,14,17-18H2,1-4H3. The number of ether oxygens (including phenoxy) is 4. The van der Waals surface area contributed by atoms with E-state index in [1.54, 1.807) is 42.0 Å². The smallest absolute Gasteiger partial charge is 0.414 e. The van der Waals surface area contributed by atoms with Crippen molar-refractivity contribution in [2.75, 3.05) is 25.7 Å². The number of anilines is 1. The molecule has 37 heavy (non-hydrogen) atoms. The predicted molar refractivity (Wildman–Crippen MR) is 137 cm³/mol. The van der Waals surface area contributed by atoms with E-state index in [-0.39, 0.29) is 19.3 Å². The maximum atomic E-state index is 13.3. The molecule has 0 bridgehead atoms. The van der Waals surface area contributed by atoms with Crippen molar-refractivity contribution in [3.05, 3.63) is 77.7 Å². The van der Waals surface area contributed by atoms with Gasteiger partial charge >= 0.3 is 12.2 Å². The van der Waals surface area contributed by atoms with E-state index in [1.165, 1.54) is 13.4 Å². The molecule has 9 nitrogen and oxygen atoms in total. The van der Waals surface area contributed by atoms with Crippen molar-refractivity contribution >= 4 is 17.9 Å². The summed E-state index contributed by atoms with van der Waals surface area (Å²) in [5.41, 5.74) is 2.27. The van der Waals surface area contributed by atoms with Crippen molar-refractivity contribution in [3.63, 3.8) is 0 Å². The molecule has 0 spiro atoms. The Morgan fingerprint density at radius 1 is 1.03 bits per heavy atom. The number of hydrogen-bond acceptors (Lipinski definition) is 7. The molecular weight excluding hydrogens is 476 g/mol. The van der Waals surface area contributed by atoms with Crippen molar-refractivity contribution in [3.8, 4) is 11.5 Å². The van der Waals surface area contributed by atoms with E-state index in [4.69, 9.17) is 23.4 Å². The molecule has 0 N–H and O–H groups in total. The zero-order valence-electron chi connectivity index (χ0n) is 21.5. The van der Waals surface area contributed by atoms with Crippen LogP contribution in [0.25, 0.3) is 0 Å². The van der Waals surface area contributed by atoms with Crippen LogP contribution >= 0.6 is 0 Å². The number of methoxy groups -OCH3 is 2. The van der Waals surface area contributed by atoms with Crippen molar-refractivity contribution in [2.24, 2.45) is 0 Å². The normalized spacial score (nSPS) is 16.5. The fraction of sp³-hybridized carbons (Fsp3) is 0.357. The van der Waals surface area contributed by atoms with Gasteiger partial charge in [-0.3, -0.25) is 9.80 Å². The summed E-state index contributed by atoms with van der Waals surface area (Å²) in [6.45, 7) is 4.29. The molecule has 196 valence electrons. The summed E-state index contributed by atoms with van der Waals surface area (Å²) in [5.74, 6) is 1.50. The van der Waals surface area contributed by atoms with Gasteiger partial charge in [0, 0.05) is 24.2 Å². The van der Waals surface area contributed by atoms with Crippen molar-refractivity contribution < 1.29 is 33.0 Å². The lowest BCUT2D eigenvalue weighted by atomic mass is 9.90. The number of amides is 2. The zero-order valence-corrected chi connectivity index (χ0v) is 21.5. The molecule has 1 aliphatic heterocycles. The summed E-state index contributed by atoms with van der Waals surface area (Å²) in [4.78, 5) is 29.8. The summed E-state index contributed by atoms with van der Waals surface area (Å²) in [6, 6.07) is 16.1. The average Bonchev–Trinajstić information content (AvgIpc) is 3.44. The van der Waals surface area contributed by atoms with E-state index in [1.807, 2.05) is 43.3 Å². The Morgan fingerprint density at radius 3 is 2.41 bits per heavy atom. The number of hydrogen-bond donors (Lipinski definition) is 0. The molecule has 2 atom stereocenters. The van der Waals surface area contributed by atoms with Gasteiger partial charge in [-0.25, -0.2) is 9.59 Å². The fourth-order valence-electron chi connectivity index (χ4n) is 4.61. The van der Waals surface area contributed by atoms with Crippen LogP contribution in [0, 0.1) is 0 Å². The van der Waals surface area contributed by atoms with Crippen LogP contribution < -0.4 is 14.4 Å². The third-order valence-electron chi connectivity index (χ3n) is 6.35. The lowest BCUT2D eigenvalue weighted by Crippen LogP contribution is -2.47. The second-order valence-corrected chi connectivity index (χ2v) is 8.68. The molecule has 0 radical (unpaired) electrons. The molecule has 1 aromatic heterocycles. The Balaban J connectivity index is 1.75. The van der Waals surface area contributed by atoms with E-state index >= 15 is 0 Å². The summed E-state index contributed by atoms with van der Waals surface area (Å²) < 4.78 is 27.4. The Bertz CT molecular complexity index is 1200. The molecule has 3 aromatic rings. The van der Waals surface area contributed by atoms with Crippen LogP contribution in [0.5, 0.6) is 11.5 Å². The van der Waals surface area contributed by atoms with Crippen LogP contribution in [-0.2, 0) is 22.6 Å². The monoisotopic (exact) mass is 508 g/mol. The Kier molecular flexibility index (Phi) is 8.22. The Hall–Kier alpha value is -4.14. The van der Waals surface area contributed by atoms with Crippen LogP contribution in [0.3, 0.4) is 0 Å². The summed E-state index contributed by atoms with van der Waals surface area (Å²) in [5, 5.41) is 0. The van der Waals surface area contributed by atoms with Gasteiger partial charge in [-0.15, -0.1) is 0 Å². The van der Waals surface area contributed by atoms with E-state index in [0.29, 0.717) is 35.9 Å². The fourth-order valence-corrected chi connectivity index (χ4v) is 4.61. The molecule has 2 heterocycles. The lowest BCUT2D eigenvalue weighted by Gasteiger charge is -2.42. The highest BCUT2D eigenvalue weighted by molar-refractivity contribution is 5.91. The molecule has 0 saturated carbocycles. The van der Waals surface area contributed by atoms with Crippen LogP contribution in [0.4, 0.5) is 15.3 Å². The zero-order chi connectivity index (χ0) is 26.4. The second kappa shape index (κ2) is 11.7. The largest absolute Gasteiger partial charge is 0.493 e. The van der Waals surface area contributed by atoms with Gasteiger partial charge in [-0.2, -0.15) is 0 Å². The number of benzene rings is 2. The summed E-state index contributed by atoms with van der Waals surface area (Å²) in [7, 11) is 3.08. The van der Waals surface area contributed by atoms with Gasteiger partial charge in [0.1, 0.15) is 5.76 Å². The van der Waals surface area contributed by atoms with Gasteiger partial charge in [-0.1, -0.05) is 30.3 Å². The van der Waals surface area contributed by atoms with Gasteiger partial charge in [0.25, 0.3) is 0 Å². The highest BCUT2D eigenvalue weighted by atomic mass is 16.6. The van der Waals surface area contributed by atoms with Gasteiger partial charge < -0.3 is 23.4 Å². The molecule has 2 amide bonds. The Labute approximate surface area is 216 Å². The van der Waals surface area contributed by atoms with Crippen molar-refractivity contribution in [2.45, 2.75) is 45.5 Å². The minimum atomic E-state index is -0.526. The van der Waals surface area contributed by atoms with Crippen molar-refractivity contribution in [1.29, 1.82) is 0 Å². The maximum absolute atomic E-state index is 13.3. The molecule has 1 aliphatic rings. The van der Waals surface area contributed by atoms with Crippen molar-refractivity contribution in [1.82, 2.24) is 4.90 Å².